The Labute approximate surface area is 121 Å². The Kier molecular flexibility index (Phi) is 6.00. The first-order valence-corrected chi connectivity index (χ1v) is 5.29. The van der Waals surface area contributed by atoms with E-state index in [1.807, 2.05) is 35.2 Å². The van der Waals surface area contributed by atoms with E-state index in [-0.39, 0.29) is 38.7 Å². The number of hydrogen-bond acceptors (Lipinski definition) is 1. The minimum Gasteiger partial charge on any atom is -0.330 e. The summed E-state index contributed by atoms with van der Waals surface area (Å²) in [6, 6.07) is 9.57. The maximum absolute atomic E-state index is 11.8. The molecular weight excluding hydrogens is 277 g/mol. The second-order valence-corrected chi connectivity index (χ2v) is 3.65. The van der Waals surface area contributed by atoms with Gasteiger partial charge in [-0.15, -0.1) is 0 Å². The molecule has 2 amide bonds. The minimum atomic E-state index is 0. The number of hydrogen-bond donors (Lipinski definition) is 1. The van der Waals surface area contributed by atoms with Gasteiger partial charge in [-0.25, -0.2) is 4.79 Å². The number of carbonyl (C=O) groups excluding carboxylic acids is 1. The van der Waals surface area contributed by atoms with E-state index < -0.39 is 0 Å². The van der Waals surface area contributed by atoms with E-state index in [4.69, 9.17) is 0 Å². The monoisotopic (exact) mass is 292 g/mol. The summed E-state index contributed by atoms with van der Waals surface area (Å²) in [6.07, 6.45) is 4.23. The van der Waals surface area contributed by atoms with Crippen LogP contribution < -0.4 is 5.32 Å². The molecule has 0 spiro atoms. The molecule has 0 saturated carbocycles. The maximum atomic E-state index is 11.8. The van der Waals surface area contributed by atoms with Gasteiger partial charge in [0.1, 0.15) is 0 Å². The number of nitrogens with one attached hydrogen (secondary N) is 1. The molecule has 1 radical (unpaired) electrons. The SMILES string of the molecule is O=C(Nc1ccccc1)N1CC[CH-]CC1.[Y]. The predicted octanol–water partition coefficient (Wildman–Crippen LogP) is 2.52. The molecule has 1 aliphatic heterocycles. The van der Waals surface area contributed by atoms with Crippen LogP contribution in [0.1, 0.15) is 12.8 Å². The Morgan fingerprint density at radius 3 is 2.44 bits per heavy atom. The second-order valence-electron chi connectivity index (χ2n) is 3.65. The molecule has 3 nitrogen and oxygen atoms in total. The zero-order valence-electron chi connectivity index (χ0n) is 9.23. The van der Waals surface area contributed by atoms with Gasteiger partial charge in [-0.3, -0.25) is 0 Å². The van der Waals surface area contributed by atoms with Crippen molar-refractivity contribution in [2.45, 2.75) is 12.8 Å². The molecule has 2 rings (SSSR count). The van der Waals surface area contributed by atoms with Crippen LogP contribution in [0.3, 0.4) is 0 Å². The molecule has 83 valence electrons. The summed E-state index contributed by atoms with van der Waals surface area (Å²) in [4.78, 5) is 13.6. The fourth-order valence-corrected chi connectivity index (χ4v) is 1.68. The molecule has 0 aromatic heterocycles. The van der Waals surface area contributed by atoms with Gasteiger partial charge in [0.15, 0.2) is 0 Å². The minimum absolute atomic E-state index is 0. The molecule has 16 heavy (non-hydrogen) atoms. The Morgan fingerprint density at radius 1 is 1.19 bits per heavy atom. The van der Waals surface area contributed by atoms with E-state index >= 15 is 0 Å². The average Bonchev–Trinajstić information content (AvgIpc) is 2.31. The van der Waals surface area contributed by atoms with E-state index in [9.17, 15) is 4.79 Å². The third-order valence-electron chi connectivity index (χ3n) is 2.52. The molecule has 4 heteroatoms. The van der Waals surface area contributed by atoms with Gasteiger partial charge < -0.3 is 16.6 Å². The molecule has 0 aliphatic carbocycles. The number of likely N-dealkylation sites (tertiary alicyclic amines) is 1. The summed E-state index contributed by atoms with van der Waals surface area (Å²) < 4.78 is 0. The van der Waals surface area contributed by atoms with Crippen molar-refractivity contribution in [3.8, 4) is 0 Å². The van der Waals surface area contributed by atoms with Crippen LogP contribution in [0.25, 0.3) is 0 Å². The number of para-hydroxylation sites is 1. The van der Waals surface area contributed by atoms with Crippen molar-refractivity contribution in [2.24, 2.45) is 0 Å². The third kappa shape index (κ3) is 3.87. The molecule has 1 aromatic rings. The summed E-state index contributed by atoms with van der Waals surface area (Å²) in [6.45, 7) is 1.66. The Bertz CT molecular complexity index is 323. The number of rotatable bonds is 1. The van der Waals surface area contributed by atoms with Gasteiger partial charge in [-0.2, -0.15) is 12.8 Å². The molecule has 1 saturated heterocycles. The molecule has 0 bridgehead atoms. The van der Waals surface area contributed by atoms with Gasteiger partial charge in [0.2, 0.25) is 0 Å². The van der Waals surface area contributed by atoms with Crippen molar-refractivity contribution < 1.29 is 37.5 Å². The number of urea groups is 1. The summed E-state index contributed by atoms with van der Waals surface area (Å²) in [5.74, 6) is 0. The van der Waals surface area contributed by atoms with Crippen LogP contribution in [0.2, 0.25) is 0 Å². The maximum Gasteiger partial charge on any atom is 0.321 e. The Balaban J connectivity index is 0.00000128. The Morgan fingerprint density at radius 2 is 1.81 bits per heavy atom. The molecule has 0 atom stereocenters. The van der Waals surface area contributed by atoms with Crippen LogP contribution in [0.5, 0.6) is 0 Å². The van der Waals surface area contributed by atoms with Crippen LogP contribution in [0, 0.1) is 6.42 Å². The first kappa shape index (κ1) is 13.7. The van der Waals surface area contributed by atoms with Crippen molar-refractivity contribution in [2.75, 3.05) is 18.4 Å². The predicted molar refractivity (Wildman–Crippen MR) is 60.6 cm³/mol. The van der Waals surface area contributed by atoms with Crippen LogP contribution in [0.4, 0.5) is 10.5 Å². The summed E-state index contributed by atoms with van der Waals surface area (Å²) in [5.41, 5.74) is 0.858. The number of nitrogens with zero attached hydrogens (tertiary/aromatic N) is 1. The average molecular weight is 292 g/mol. The van der Waals surface area contributed by atoms with Gasteiger partial charge in [0.25, 0.3) is 0 Å². The third-order valence-corrected chi connectivity index (χ3v) is 2.52. The first-order chi connectivity index (χ1) is 7.36. The topological polar surface area (TPSA) is 32.3 Å². The van der Waals surface area contributed by atoms with Gasteiger partial charge in [-0.1, -0.05) is 18.2 Å². The fourth-order valence-electron chi connectivity index (χ4n) is 1.68. The quantitative estimate of drug-likeness (QED) is 0.793. The Hall–Kier alpha value is -0.406. The van der Waals surface area contributed by atoms with E-state index in [0.29, 0.717) is 0 Å². The zero-order valence-corrected chi connectivity index (χ0v) is 12.1. The van der Waals surface area contributed by atoms with E-state index in [0.717, 1.165) is 31.6 Å². The molecule has 1 heterocycles. The standard InChI is InChI=1S/C12H15N2O.Y/c15-12(14-9-5-2-6-10-14)13-11-7-3-1-4-8-11;/h1-4,7-8H,5-6,9-10H2,(H,13,15);/q-1;. The fraction of sp³-hybridized carbons (Fsp3) is 0.333. The number of anilines is 1. The molecular formula is C12H15N2OY-. The number of amides is 2. The van der Waals surface area contributed by atoms with Gasteiger partial charge >= 0.3 is 6.03 Å². The van der Waals surface area contributed by atoms with Crippen LogP contribution >= 0.6 is 0 Å². The number of piperidine rings is 1. The van der Waals surface area contributed by atoms with Crippen molar-refractivity contribution in [1.82, 2.24) is 4.90 Å². The molecule has 0 unspecified atom stereocenters. The van der Waals surface area contributed by atoms with E-state index in [1.165, 1.54) is 0 Å². The van der Waals surface area contributed by atoms with Crippen molar-refractivity contribution in [3.63, 3.8) is 0 Å². The van der Waals surface area contributed by atoms with E-state index in [1.54, 1.807) is 0 Å². The summed E-state index contributed by atoms with van der Waals surface area (Å²) in [7, 11) is 0. The summed E-state index contributed by atoms with van der Waals surface area (Å²) >= 11 is 0. The molecule has 1 aromatic carbocycles. The van der Waals surface area contributed by atoms with Crippen LogP contribution in [-0.4, -0.2) is 24.0 Å². The number of carbonyl (C=O) groups is 1. The first-order valence-electron chi connectivity index (χ1n) is 5.29. The molecule has 1 N–H and O–H groups in total. The van der Waals surface area contributed by atoms with Gasteiger partial charge in [-0.05, 0) is 25.2 Å². The van der Waals surface area contributed by atoms with Crippen LogP contribution in [-0.2, 0) is 32.7 Å². The van der Waals surface area contributed by atoms with Crippen molar-refractivity contribution >= 4 is 11.7 Å². The summed E-state index contributed by atoms with van der Waals surface area (Å²) in [5, 5.41) is 2.88. The second kappa shape index (κ2) is 7.02. The molecule has 1 fully saturated rings. The van der Waals surface area contributed by atoms with Gasteiger partial charge in [0.05, 0.1) is 0 Å². The zero-order chi connectivity index (χ0) is 10.5. The molecule has 1 aliphatic rings. The van der Waals surface area contributed by atoms with E-state index in [2.05, 4.69) is 11.7 Å². The smallest absolute Gasteiger partial charge is 0.321 e. The largest absolute Gasteiger partial charge is 0.330 e. The van der Waals surface area contributed by atoms with Crippen LogP contribution in [0.15, 0.2) is 30.3 Å². The number of benzene rings is 1. The van der Waals surface area contributed by atoms with Crippen molar-refractivity contribution in [1.29, 1.82) is 0 Å². The van der Waals surface area contributed by atoms with Gasteiger partial charge in [0, 0.05) is 38.4 Å². The van der Waals surface area contributed by atoms with Crippen molar-refractivity contribution in [3.05, 3.63) is 36.8 Å². The normalized spacial score (nSPS) is 15.1.